The Bertz CT molecular complexity index is 143. The van der Waals surface area contributed by atoms with E-state index in [9.17, 15) is 0 Å². The number of hydrogen-bond acceptors (Lipinski definition) is 2. The fourth-order valence-electron chi connectivity index (χ4n) is 2.08. The second kappa shape index (κ2) is 11.0. The molecule has 2 heteroatoms. The SMILES string of the molecule is CC(C)CCCN(CCCO)CCCC(C)C. The smallest absolute Gasteiger partial charge is 0.0443 e. The molecule has 0 saturated heterocycles. The topological polar surface area (TPSA) is 23.5 Å². The summed E-state index contributed by atoms with van der Waals surface area (Å²) in [6, 6.07) is 0. The van der Waals surface area contributed by atoms with Crippen LogP contribution < -0.4 is 0 Å². The maximum atomic E-state index is 8.92. The van der Waals surface area contributed by atoms with Crippen molar-refractivity contribution in [3.05, 3.63) is 0 Å². The van der Waals surface area contributed by atoms with Gasteiger partial charge in [-0.2, -0.15) is 0 Å². The van der Waals surface area contributed by atoms with Crippen LogP contribution >= 0.6 is 0 Å². The molecule has 17 heavy (non-hydrogen) atoms. The minimum atomic E-state index is 0.324. The van der Waals surface area contributed by atoms with Crippen molar-refractivity contribution in [2.75, 3.05) is 26.2 Å². The summed E-state index contributed by atoms with van der Waals surface area (Å²) in [5.74, 6) is 1.62. The fourth-order valence-corrected chi connectivity index (χ4v) is 2.08. The molecule has 1 N–H and O–H groups in total. The van der Waals surface area contributed by atoms with Gasteiger partial charge in [0, 0.05) is 13.2 Å². The zero-order chi connectivity index (χ0) is 13.1. The molecule has 0 fully saturated rings. The van der Waals surface area contributed by atoms with E-state index in [1.807, 2.05) is 0 Å². The van der Waals surface area contributed by atoms with Crippen LogP contribution in [0.1, 0.15) is 59.8 Å². The van der Waals surface area contributed by atoms with E-state index in [0.717, 1.165) is 24.8 Å². The van der Waals surface area contributed by atoms with Crippen LogP contribution in [0.4, 0.5) is 0 Å². The van der Waals surface area contributed by atoms with Gasteiger partial charge in [0.15, 0.2) is 0 Å². The number of hydrogen-bond donors (Lipinski definition) is 1. The number of aliphatic hydroxyl groups excluding tert-OH is 1. The molecule has 0 spiro atoms. The van der Waals surface area contributed by atoms with E-state index in [4.69, 9.17) is 5.11 Å². The average molecular weight is 243 g/mol. The second-order valence-corrected chi connectivity index (χ2v) is 5.99. The van der Waals surface area contributed by atoms with Crippen molar-refractivity contribution in [2.45, 2.75) is 59.8 Å². The van der Waals surface area contributed by atoms with Crippen LogP contribution in [-0.4, -0.2) is 36.2 Å². The molecule has 0 aromatic rings. The molecule has 104 valence electrons. The molecule has 0 unspecified atom stereocenters. The molecule has 0 aromatic heterocycles. The van der Waals surface area contributed by atoms with E-state index < -0.39 is 0 Å². The molecule has 0 atom stereocenters. The quantitative estimate of drug-likeness (QED) is 0.600. The van der Waals surface area contributed by atoms with Crippen molar-refractivity contribution in [2.24, 2.45) is 11.8 Å². The fraction of sp³-hybridized carbons (Fsp3) is 1.00. The van der Waals surface area contributed by atoms with E-state index in [2.05, 4.69) is 32.6 Å². The molecule has 0 saturated carbocycles. The van der Waals surface area contributed by atoms with E-state index in [1.165, 1.54) is 38.8 Å². The van der Waals surface area contributed by atoms with Gasteiger partial charge in [0.1, 0.15) is 0 Å². The van der Waals surface area contributed by atoms with E-state index in [1.54, 1.807) is 0 Å². The highest BCUT2D eigenvalue weighted by molar-refractivity contribution is 4.60. The standard InChI is InChI=1S/C15H33NO/c1-14(2)8-5-10-16(12-7-13-17)11-6-9-15(3)4/h14-15,17H,5-13H2,1-4H3. The van der Waals surface area contributed by atoms with Crippen LogP contribution in [0, 0.1) is 11.8 Å². The summed E-state index contributed by atoms with van der Waals surface area (Å²) in [5, 5.41) is 8.92. The maximum Gasteiger partial charge on any atom is 0.0443 e. The summed E-state index contributed by atoms with van der Waals surface area (Å²) in [4.78, 5) is 2.53. The molecule has 0 bridgehead atoms. The van der Waals surface area contributed by atoms with Gasteiger partial charge in [0.2, 0.25) is 0 Å². The molecular formula is C15H33NO. The lowest BCUT2D eigenvalue weighted by Crippen LogP contribution is -2.28. The highest BCUT2D eigenvalue weighted by Gasteiger charge is 2.05. The predicted molar refractivity (Wildman–Crippen MR) is 76.3 cm³/mol. The first-order valence-corrected chi connectivity index (χ1v) is 7.39. The molecule has 0 amide bonds. The first kappa shape index (κ1) is 16.9. The van der Waals surface area contributed by atoms with Gasteiger partial charge in [-0.1, -0.05) is 27.7 Å². The Labute approximate surface area is 108 Å². The van der Waals surface area contributed by atoms with Crippen molar-refractivity contribution in [1.82, 2.24) is 4.90 Å². The van der Waals surface area contributed by atoms with Crippen LogP contribution in [0.5, 0.6) is 0 Å². The number of nitrogens with zero attached hydrogens (tertiary/aromatic N) is 1. The molecule has 0 aliphatic heterocycles. The molecule has 0 aromatic carbocycles. The first-order chi connectivity index (χ1) is 8.06. The number of aliphatic hydroxyl groups is 1. The summed E-state index contributed by atoms with van der Waals surface area (Å²) < 4.78 is 0. The van der Waals surface area contributed by atoms with Crippen molar-refractivity contribution < 1.29 is 5.11 Å². The summed E-state index contributed by atoms with van der Waals surface area (Å²) >= 11 is 0. The third-order valence-electron chi connectivity index (χ3n) is 3.14. The van der Waals surface area contributed by atoms with E-state index >= 15 is 0 Å². The zero-order valence-corrected chi connectivity index (χ0v) is 12.4. The van der Waals surface area contributed by atoms with Gasteiger partial charge in [-0.05, 0) is 57.0 Å². The third kappa shape index (κ3) is 12.2. The van der Waals surface area contributed by atoms with Gasteiger partial charge in [-0.15, -0.1) is 0 Å². The van der Waals surface area contributed by atoms with Gasteiger partial charge in [0.25, 0.3) is 0 Å². The Kier molecular flexibility index (Phi) is 11.0. The van der Waals surface area contributed by atoms with Gasteiger partial charge in [-0.3, -0.25) is 0 Å². The van der Waals surface area contributed by atoms with Crippen molar-refractivity contribution in [1.29, 1.82) is 0 Å². The molecule has 0 rings (SSSR count). The van der Waals surface area contributed by atoms with E-state index in [0.29, 0.717) is 6.61 Å². The lowest BCUT2D eigenvalue weighted by Gasteiger charge is -2.22. The van der Waals surface area contributed by atoms with Crippen molar-refractivity contribution >= 4 is 0 Å². The highest BCUT2D eigenvalue weighted by atomic mass is 16.3. The Morgan fingerprint density at radius 2 is 1.18 bits per heavy atom. The van der Waals surface area contributed by atoms with Gasteiger partial charge < -0.3 is 10.0 Å². The normalized spacial score (nSPS) is 12.0. The molecule has 0 aliphatic carbocycles. The molecule has 0 aliphatic rings. The van der Waals surface area contributed by atoms with Crippen LogP contribution in [-0.2, 0) is 0 Å². The van der Waals surface area contributed by atoms with Crippen LogP contribution in [0.3, 0.4) is 0 Å². The van der Waals surface area contributed by atoms with Crippen molar-refractivity contribution in [3.8, 4) is 0 Å². The molecule has 0 radical (unpaired) electrons. The van der Waals surface area contributed by atoms with Crippen LogP contribution in [0.25, 0.3) is 0 Å². The Morgan fingerprint density at radius 3 is 1.53 bits per heavy atom. The monoisotopic (exact) mass is 243 g/mol. The third-order valence-corrected chi connectivity index (χ3v) is 3.14. The summed E-state index contributed by atoms with van der Waals surface area (Å²) in [6.45, 7) is 12.9. The second-order valence-electron chi connectivity index (χ2n) is 5.99. The van der Waals surface area contributed by atoms with Gasteiger partial charge >= 0.3 is 0 Å². The first-order valence-electron chi connectivity index (χ1n) is 7.39. The van der Waals surface area contributed by atoms with Crippen LogP contribution in [0.15, 0.2) is 0 Å². The lowest BCUT2D eigenvalue weighted by atomic mass is 10.1. The molecular weight excluding hydrogens is 210 g/mol. The molecule has 0 heterocycles. The predicted octanol–water partition coefficient (Wildman–Crippen LogP) is 3.54. The highest BCUT2D eigenvalue weighted by Crippen LogP contribution is 2.08. The van der Waals surface area contributed by atoms with E-state index in [-0.39, 0.29) is 0 Å². The average Bonchev–Trinajstić information content (AvgIpc) is 2.24. The van der Waals surface area contributed by atoms with Crippen molar-refractivity contribution in [3.63, 3.8) is 0 Å². The minimum absolute atomic E-state index is 0.324. The largest absolute Gasteiger partial charge is 0.396 e. The van der Waals surface area contributed by atoms with Crippen LogP contribution in [0.2, 0.25) is 0 Å². The lowest BCUT2D eigenvalue weighted by molar-refractivity contribution is 0.214. The van der Waals surface area contributed by atoms with Gasteiger partial charge in [0.05, 0.1) is 0 Å². The number of rotatable bonds is 11. The van der Waals surface area contributed by atoms with Gasteiger partial charge in [-0.25, -0.2) is 0 Å². The Morgan fingerprint density at radius 1 is 0.765 bits per heavy atom. The molecule has 2 nitrogen and oxygen atoms in total. The minimum Gasteiger partial charge on any atom is -0.396 e. The summed E-state index contributed by atoms with van der Waals surface area (Å²) in [6.07, 6.45) is 6.15. The summed E-state index contributed by atoms with van der Waals surface area (Å²) in [7, 11) is 0. The summed E-state index contributed by atoms with van der Waals surface area (Å²) in [5.41, 5.74) is 0. The Balaban J connectivity index is 3.71. The zero-order valence-electron chi connectivity index (χ0n) is 12.4. The maximum absolute atomic E-state index is 8.92. The Hall–Kier alpha value is -0.0800.